The number of ether oxygens (including phenoxy) is 1. The van der Waals surface area contributed by atoms with E-state index in [0.717, 1.165) is 0 Å². The van der Waals surface area contributed by atoms with E-state index in [1.807, 2.05) is 0 Å². The second-order valence-electron chi connectivity index (χ2n) is 3.88. The maximum absolute atomic E-state index is 11.9. The van der Waals surface area contributed by atoms with Crippen molar-refractivity contribution in [3.8, 4) is 5.75 Å². The largest absolute Gasteiger partial charge is 0.508 e. The van der Waals surface area contributed by atoms with Crippen molar-refractivity contribution in [1.82, 2.24) is 0 Å². The van der Waals surface area contributed by atoms with Gasteiger partial charge in [-0.1, -0.05) is 12.2 Å². The van der Waals surface area contributed by atoms with Crippen LogP contribution in [-0.2, 0) is 19.4 Å². The lowest BCUT2D eigenvalue weighted by molar-refractivity contribution is -0.140. The maximum atomic E-state index is 11.9. The van der Waals surface area contributed by atoms with Crippen LogP contribution < -0.4 is 0 Å². The Hall–Kier alpha value is -1.82. The molecule has 1 N–H and O–H groups in total. The molecule has 0 atom stereocenters. The van der Waals surface area contributed by atoms with E-state index in [0.29, 0.717) is 6.42 Å². The molecule has 0 spiro atoms. The highest BCUT2D eigenvalue weighted by atomic mass is 32.2. The Morgan fingerprint density at radius 1 is 1.26 bits per heavy atom. The number of phenols is 1. The topological polar surface area (TPSA) is 80.7 Å². The molecule has 1 aromatic rings. The van der Waals surface area contributed by atoms with Crippen molar-refractivity contribution < 1.29 is 23.1 Å². The van der Waals surface area contributed by atoms with Gasteiger partial charge in [-0.05, 0) is 30.7 Å². The molecule has 0 aliphatic carbocycles. The van der Waals surface area contributed by atoms with Crippen LogP contribution in [0.2, 0.25) is 0 Å². The van der Waals surface area contributed by atoms with Gasteiger partial charge >= 0.3 is 5.97 Å². The minimum absolute atomic E-state index is 0.0240. The molecule has 0 aromatic heterocycles. The number of hydrogen-bond donors (Lipinski definition) is 1. The molecule has 0 heterocycles. The zero-order valence-electron chi connectivity index (χ0n) is 10.6. The number of aromatic hydroxyl groups is 1. The lowest BCUT2D eigenvalue weighted by atomic mass is 10.3. The van der Waals surface area contributed by atoms with Crippen LogP contribution in [0.3, 0.4) is 0 Å². The highest BCUT2D eigenvalue weighted by Gasteiger charge is 2.11. The Bertz CT molecular complexity index is 543. The van der Waals surface area contributed by atoms with E-state index >= 15 is 0 Å². The van der Waals surface area contributed by atoms with Crippen LogP contribution in [0.4, 0.5) is 0 Å². The molecule has 1 rings (SSSR count). The lowest BCUT2D eigenvalue weighted by Crippen LogP contribution is -2.04. The van der Waals surface area contributed by atoms with Crippen molar-refractivity contribution in [3.63, 3.8) is 0 Å². The zero-order chi connectivity index (χ0) is 14.3. The van der Waals surface area contributed by atoms with Gasteiger partial charge < -0.3 is 9.84 Å². The number of hydrogen-bond acceptors (Lipinski definition) is 5. The molecule has 6 heteroatoms. The molecule has 0 aliphatic heterocycles. The predicted molar refractivity (Wildman–Crippen MR) is 70.5 cm³/mol. The minimum Gasteiger partial charge on any atom is -0.508 e. The van der Waals surface area contributed by atoms with Crippen LogP contribution in [0, 0.1) is 0 Å². The fourth-order valence-corrected chi connectivity index (χ4v) is 2.47. The van der Waals surface area contributed by atoms with Gasteiger partial charge in [-0.25, -0.2) is 8.42 Å². The van der Waals surface area contributed by atoms with Crippen LogP contribution >= 0.6 is 0 Å². The van der Waals surface area contributed by atoms with Gasteiger partial charge in [0.2, 0.25) is 0 Å². The third kappa shape index (κ3) is 5.56. The van der Waals surface area contributed by atoms with E-state index in [-0.39, 0.29) is 29.0 Å². The van der Waals surface area contributed by atoms with E-state index in [1.165, 1.54) is 37.3 Å². The summed E-state index contributed by atoms with van der Waals surface area (Å²) in [4.78, 5) is 10.6. The van der Waals surface area contributed by atoms with Crippen molar-refractivity contribution in [3.05, 3.63) is 36.4 Å². The van der Waals surface area contributed by atoms with E-state index in [4.69, 9.17) is 9.84 Å². The summed E-state index contributed by atoms with van der Waals surface area (Å²) < 4.78 is 28.4. The highest BCUT2D eigenvalue weighted by Crippen LogP contribution is 2.15. The van der Waals surface area contributed by atoms with Crippen molar-refractivity contribution in [2.45, 2.75) is 18.2 Å². The molecule has 0 fully saturated rings. The van der Waals surface area contributed by atoms with E-state index in [9.17, 15) is 13.2 Å². The minimum atomic E-state index is -3.39. The van der Waals surface area contributed by atoms with Crippen LogP contribution in [0.5, 0.6) is 5.75 Å². The molecule has 5 nitrogen and oxygen atoms in total. The lowest BCUT2D eigenvalue weighted by Gasteiger charge is -2.01. The van der Waals surface area contributed by atoms with Gasteiger partial charge in [0, 0.05) is 6.92 Å². The van der Waals surface area contributed by atoms with Crippen LogP contribution in [-0.4, -0.2) is 31.9 Å². The van der Waals surface area contributed by atoms with Gasteiger partial charge in [0.1, 0.15) is 5.75 Å². The van der Waals surface area contributed by atoms with E-state index < -0.39 is 9.84 Å². The first kappa shape index (κ1) is 15.2. The number of esters is 1. The third-order valence-electron chi connectivity index (χ3n) is 2.27. The Labute approximate surface area is 112 Å². The Morgan fingerprint density at radius 3 is 2.47 bits per heavy atom. The number of rotatable bonds is 6. The van der Waals surface area contributed by atoms with Crippen molar-refractivity contribution in [2.24, 2.45) is 0 Å². The predicted octanol–water partition coefficient (Wildman–Crippen LogP) is 1.68. The Morgan fingerprint density at radius 2 is 1.89 bits per heavy atom. The van der Waals surface area contributed by atoms with Gasteiger partial charge in [-0.15, -0.1) is 0 Å². The van der Waals surface area contributed by atoms with Gasteiger partial charge in [-0.3, -0.25) is 4.79 Å². The van der Waals surface area contributed by atoms with Crippen molar-refractivity contribution >= 4 is 15.8 Å². The van der Waals surface area contributed by atoms with Crippen LogP contribution in [0.15, 0.2) is 41.3 Å². The number of carbonyl (C=O) groups is 1. The molecule has 0 aliphatic rings. The van der Waals surface area contributed by atoms with Gasteiger partial charge in [0.25, 0.3) is 0 Å². The molecule has 0 bridgehead atoms. The SMILES string of the molecule is CC(=O)OCCC=CCS(=O)(=O)c1ccc(O)cc1. The molecule has 104 valence electrons. The fraction of sp³-hybridized carbons (Fsp3) is 0.308. The number of benzene rings is 1. The van der Waals surface area contributed by atoms with Crippen LogP contribution in [0.1, 0.15) is 13.3 Å². The molecule has 0 saturated heterocycles. The summed E-state index contributed by atoms with van der Waals surface area (Å²) in [5, 5.41) is 9.09. The molecule has 19 heavy (non-hydrogen) atoms. The molecule has 0 amide bonds. The number of phenolic OH excluding ortho intramolecular Hbond substituents is 1. The Kier molecular flexibility index (Phi) is 5.57. The van der Waals surface area contributed by atoms with Gasteiger partial charge in [-0.2, -0.15) is 0 Å². The molecular formula is C13H16O5S. The quantitative estimate of drug-likeness (QED) is 0.488. The third-order valence-corrected chi connectivity index (χ3v) is 3.89. The summed E-state index contributed by atoms with van der Waals surface area (Å²) in [6.07, 6.45) is 3.65. The summed E-state index contributed by atoms with van der Waals surface area (Å²) in [6, 6.07) is 5.38. The smallest absolute Gasteiger partial charge is 0.302 e. The number of carbonyl (C=O) groups excluding carboxylic acids is 1. The molecule has 0 radical (unpaired) electrons. The zero-order valence-corrected chi connectivity index (χ0v) is 11.4. The summed E-state index contributed by atoms with van der Waals surface area (Å²) >= 11 is 0. The summed E-state index contributed by atoms with van der Waals surface area (Å²) in [7, 11) is -3.39. The normalized spacial score (nSPS) is 11.6. The molecule has 0 unspecified atom stereocenters. The first-order chi connectivity index (χ1) is 8.92. The average molecular weight is 284 g/mol. The average Bonchev–Trinajstić information content (AvgIpc) is 2.34. The van der Waals surface area contributed by atoms with Gasteiger partial charge in [0.15, 0.2) is 9.84 Å². The second-order valence-corrected chi connectivity index (χ2v) is 5.91. The van der Waals surface area contributed by atoms with Crippen molar-refractivity contribution in [1.29, 1.82) is 0 Å². The van der Waals surface area contributed by atoms with Crippen molar-refractivity contribution in [2.75, 3.05) is 12.4 Å². The van der Waals surface area contributed by atoms with E-state index in [2.05, 4.69) is 0 Å². The monoisotopic (exact) mass is 284 g/mol. The molecular weight excluding hydrogens is 268 g/mol. The summed E-state index contributed by atoms with van der Waals surface area (Å²) in [5.74, 6) is -0.460. The van der Waals surface area contributed by atoms with E-state index in [1.54, 1.807) is 6.08 Å². The second kappa shape index (κ2) is 6.94. The Balaban J connectivity index is 2.49. The maximum Gasteiger partial charge on any atom is 0.302 e. The molecule has 0 saturated carbocycles. The summed E-state index contributed by atoms with van der Waals surface area (Å²) in [5.41, 5.74) is 0. The first-order valence-corrected chi connectivity index (χ1v) is 7.37. The first-order valence-electron chi connectivity index (χ1n) is 5.72. The molecule has 1 aromatic carbocycles. The summed E-state index contributed by atoms with van der Waals surface area (Å²) in [6.45, 7) is 1.56. The number of sulfone groups is 1. The standard InChI is InChI=1S/C13H16O5S/c1-11(14)18-9-3-2-4-10-19(16,17)13-7-5-12(15)6-8-13/h2,4-8,15H,3,9-10H2,1H3. The van der Waals surface area contributed by atoms with Gasteiger partial charge in [0.05, 0.1) is 17.3 Å². The van der Waals surface area contributed by atoms with Crippen LogP contribution in [0.25, 0.3) is 0 Å². The fourth-order valence-electron chi connectivity index (χ4n) is 1.33. The highest BCUT2D eigenvalue weighted by molar-refractivity contribution is 7.91.